The average molecular weight is 472 g/mol. The van der Waals surface area contributed by atoms with E-state index in [9.17, 15) is 14.7 Å². The van der Waals surface area contributed by atoms with Gasteiger partial charge >= 0.3 is 5.97 Å². The minimum atomic E-state index is -0.901. The summed E-state index contributed by atoms with van der Waals surface area (Å²) in [6.07, 6.45) is 9.75. The standard InChI is InChI=1S/C26H37N3O3S/c1-5-6-9-16-29-17-22(24(30)28-21-11-8-7-10-18(21)2)27-23(29)19-12-14-20(15-13-19)33-26(3,4)25(31)32/h12-15,17-18,21H,5-11,16H2,1-4H3,(H,28,30)(H,31,32). The smallest absolute Gasteiger partial charge is 0.319 e. The fourth-order valence-electron chi connectivity index (χ4n) is 4.24. The number of amides is 1. The Kier molecular flexibility index (Phi) is 8.63. The summed E-state index contributed by atoms with van der Waals surface area (Å²) >= 11 is 1.32. The molecule has 1 fully saturated rings. The SMILES string of the molecule is CCCCCn1cc(C(=O)NC2CCCCC2C)nc1-c1ccc(SC(C)(C)C(=O)O)cc1. The maximum absolute atomic E-state index is 13.0. The first-order chi connectivity index (χ1) is 15.7. The van der Waals surface area contributed by atoms with Crippen LogP contribution in [0, 0.1) is 5.92 Å². The molecule has 3 rings (SSSR count). The van der Waals surface area contributed by atoms with Crippen LogP contribution < -0.4 is 5.32 Å². The molecule has 1 aromatic carbocycles. The maximum Gasteiger partial charge on any atom is 0.319 e. The zero-order valence-electron chi connectivity index (χ0n) is 20.3. The molecule has 1 amide bonds. The van der Waals surface area contributed by atoms with Crippen LogP contribution in [0.25, 0.3) is 11.4 Å². The molecule has 7 heteroatoms. The molecule has 2 N–H and O–H groups in total. The number of carbonyl (C=O) groups excluding carboxylic acids is 1. The van der Waals surface area contributed by atoms with Crippen molar-refractivity contribution in [2.45, 2.75) is 94.9 Å². The quantitative estimate of drug-likeness (QED) is 0.328. The lowest BCUT2D eigenvalue weighted by atomic mass is 9.86. The van der Waals surface area contributed by atoms with Crippen molar-refractivity contribution in [1.29, 1.82) is 0 Å². The van der Waals surface area contributed by atoms with E-state index >= 15 is 0 Å². The number of carbonyl (C=O) groups is 2. The topological polar surface area (TPSA) is 84.2 Å². The predicted molar refractivity (Wildman–Crippen MR) is 134 cm³/mol. The number of hydrogen-bond acceptors (Lipinski definition) is 4. The van der Waals surface area contributed by atoms with Gasteiger partial charge in [0.05, 0.1) is 0 Å². The first-order valence-electron chi connectivity index (χ1n) is 12.1. The van der Waals surface area contributed by atoms with Gasteiger partial charge in [-0.15, -0.1) is 11.8 Å². The third-order valence-electron chi connectivity index (χ3n) is 6.44. The minimum Gasteiger partial charge on any atom is -0.480 e. The average Bonchev–Trinajstić information content (AvgIpc) is 3.20. The second kappa shape index (κ2) is 11.2. The number of carboxylic acid groups (broad SMARTS) is 1. The molecule has 2 aromatic rings. The van der Waals surface area contributed by atoms with Crippen LogP contribution in [0.4, 0.5) is 0 Å². The van der Waals surface area contributed by atoms with Crippen LogP contribution >= 0.6 is 11.8 Å². The number of hydrogen-bond donors (Lipinski definition) is 2. The van der Waals surface area contributed by atoms with Crippen LogP contribution in [0.15, 0.2) is 35.4 Å². The second-order valence-corrected chi connectivity index (χ2v) is 11.3. The third kappa shape index (κ3) is 6.62. The zero-order chi connectivity index (χ0) is 24.0. The van der Waals surface area contributed by atoms with E-state index in [0.29, 0.717) is 11.6 Å². The van der Waals surface area contributed by atoms with Crippen molar-refractivity contribution in [3.05, 3.63) is 36.2 Å². The number of benzene rings is 1. The van der Waals surface area contributed by atoms with E-state index in [0.717, 1.165) is 61.4 Å². The molecule has 0 saturated heterocycles. The van der Waals surface area contributed by atoms with Gasteiger partial charge in [-0.05, 0) is 51.2 Å². The summed E-state index contributed by atoms with van der Waals surface area (Å²) in [6, 6.07) is 8.00. The molecule has 0 bridgehead atoms. The summed E-state index contributed by atoms with van der Waals surface area (Å²) in [6.45, 7) is 8.60. The van der Waals surface area contributed by atoms with Gasteiger partial charge in [-0.1, -0.05) is 51.7 Å². The molecule has 0 aliphatic heterocycles. The Morgan fingerprint density at radius 2 is 1.88 bits per heavy atom. The Bertz CT molecular complexity index is 952. The van der Waals surface area contributed by atoms with Gasteiger partial charge in [0.15, 0.2) is 0 Å². The summed E-state index contributed by atoms with van der Waals surface area (Å²) in [5.74, 6) is 0.335. The molecule has 6 nitrogen and oxygen atoms in total. The summed E-state index contributed by atoms with van der Waals surface area (Å²) in [7, 11) is 0. The summed E-state index contributed by atoms with van der Waals surface area (Å²) in [4.78, 5) is 30.1. The monoisotopic (exact) mass is 471 g/mol. The van der Waals surface area contributed by atoms with Crippen molar-refractivity contribution < 1.29 is 14.7 Å². The number of imidazole rings is 1. The molecule has 33 heavy (non-hydrogen) atoms. The maximum atomic E-state index is 13.0. The Balaban J connectivity index is 1.81. The summed E-state index contributed by atoms with van der Waals surface area (Å²) in [5, 5.41) is 12.6. The van der Waals surface area contributed by atoms with Crippen molar-refractivity contribution in [1.82, 2.24) is 14.9 Å². The molecule has 1 aliphatic rings. The van der Waals surface area contributed by atoms with Crippen LogP contribution in [0.5, 0.6) is 0 Å². The molecule has 1 saturated carbocycles. The second-order valence-electron chi connectivity index (χ2n) is 9.63. The van der Waals surface area contributed by atoms with E-state index < -0.39 is 10.7 Å². The van der Waals surface area contributed by atoms with Crippen LogP contribution in [0.3, 0.4) is 0 Å². The van der Waals surface area contributed by atoms with Gasteiger partial charge in [0.25, 0.3) is 5.91 Å². The van der Waals surface area contributed by atoms with Gasteiger partial charge in [-0.2, -0.15) is 0 Å². The number of unbranched alkanes of at least 4 members (excludes halogenated alkanes) is 2. The number of nitrogens with one attached hydrogen (secondary N) is 1. The van der Waals surface area contributed by atoms with Crippen molar-refractivity contribution >= 4 is 23.6 Å². The van der Waals surface area contributed by atoms with Gasteiger partial charge in [0, 0.05) is 29.2 Å². The molecule has 1 aromatic heterocycles. The molecular weight excluding hydrogens is 434 g/mol. The first kappa shape index (κ1) is 25.3. The molecule has 2 atom stereocenters. The Morgan fingerprint density at radius 1 is 1.18 bits per heavy atom. The number of carboxylic acids is 1. The lowest BCUT2D eigenvalue weighted by Gasteiger charge is -2.29. The highest BCUT2D eigenvalue weighted by Crippen LogP contribution is 2.34. The molecular formula is C26H37N3O3S. The van der Waals surface area contributed by atoms with Crippen LogP contribution in [-0.4, -0.2) is 37.3 Å². The van der Waals surface area contributed by atoms with Gasteiger partial charge in [-0.3, -0.25) is 9.59 Å². The molecule has 1 heterocycles. The Morgan fingerprint density at radius 3 is 2.52 bits per heavy atom. The number of nitrogens with zero attached hydrogens (tertiary/aromatic N) is 2. The largest absolute Gasteiger partial charge is 0.480 e. The Labute approximate surface area is 201 Å². The molecule has 0 spiro atoms. The molecule has 1 aliphatic carbocycles. The van der Waals surface area contributed by atoms with Crippen LogP contribution in [0.1, 0.15) is 83.1 Å². The van der Waals surface area contributed by atoms with Crippen molar-refractivity contribution in [2.75, 3.05) is 0 Å². The lowest BCUT2D eigenvalue weighted by molar-refractivity contribution is -0.138. The van der Waals surface area contributed by atoms with Crippen LogP contribution in [-0.2, 0) is 11.3 Å². The van der Waals surface area contributed by atoms with Gasteiger partial charge < -0.3 is 15.0 Å². The van der Waals surface area contributed by atoms with E-state index in [1.54, 1.807) is 13.8 Å². The molecule has 2 unspecified atom stereocenters. The van der Waals surface area contributed by atoms with Crippen molar-refractivity contribution in [3.63, 3.8) is 0 Å². The fourth-order valence-corrected chi connectivity index (χ4v) is 5.19. The first-order valence-corrected chi connectivity index (χ1v) is 12.9. The summed E-state index contributed by atoms with van der Waals surface area (Å²) in [5.41, 5.74) is 1.39. The van der Waals surface area contributed by atoms with E-state index in [4.69, 9.17) is 4.98 Å². The normalized spacial score (nSPS) is 18.8. The number of rotatable bonds is 10. The zero-order valence-corrected chi connectivity index (χ0v) is 21.1. The number of aliphatic carboxylic acids is 1. The van der Waals surface area contributed by atoms with Crippen LogP contribution in [0.2, 0.25) is 0 Å². The van der Waals surface area contributed by atoms with Gasteiger partial charge in [-0.25, -0.2) is 4.98 Å². The minimum absolute atomic E-state index is 0.0976. The summed E-state index contributed by atoms with van der Waals surface area (Å²) < 4.78 is 1.18. The number of aryl methyl sites for hydroxylation is 1. The van der Waals surface area contributed by atoms with Crippen molar-refractivity contribution in [3.8, 4) is 11.4 Å². The van der Waals surface area contributed by atoms with Gasteiger partial charge in [0.2, 0.25) is 0 Å². The van der Waals surface area contributed by atoms with Crippen molar-refractivity contribution in [2.24, 2.45) is 5.92 Å². The van der Waals surface area contributed by atoms with E-state index in [-0.39, 0.29) is 11.9 Å². The Hall–Kier alpha value is -2.28. The highest BCUT2D eigenvalue weighted by molar-refractivity contribution is 8.01. The molecule has 180 valence electrons. The van der Waals surface area contributed by atoms with E-state index in [2.05, 4.69) is 23.7 Å². The fraction of sp³-hybridized carbons (Fsp3) is 0.577. The number of thioether (sulfide) groups is 1. The van der Waals surface area contributed by atoms with Gasteiger partial charge in [0.1, 0.15) is 16.3 Å². The lowest BCUT2D eigenvalue weighted by Crippen LogP contribution is -2.41. The molecule has 0 radical (unpaired) electrons. The third-order valence-corrected chi connectivity index (χ3v) is 7.63. The highest BCUT2D eigenvalue weighted by atomic mass is 32.2. The predicted octanol–water partition coefficient (Wildman–Crippen LogP) is 6.00. The highest BCUT2D eigenvalue weighted by Gasteiger charge is 2.28. The van der Waals surface area contributed by atoms with E-state index in [1.165, 1.54) is 18.2 Å². The number of aromatic nitrogens is 2. The van der Waals surface area contributed by atoms with E-state index in [1.807, 2.05) is 30.5 Å².